The maximum atomic E-state index is 12.5. The van der Waals surface area contributed by atoms with Gasteiger partial charge in [-0.3, -0.25) is 0 Å². The van der Waals surface area contributed by atoms with Crippen molar-refractivity contribution in [3.63, 3.8) is 0 Å². The summed E-state index contributed by atoms with van der Waals surface area (Å²) >= 11 is 7.74. The van der Waals surface area contributed by atoms with Gasteiger partial charge in [0.15, 0.2) is 0 Å². The van der Waals surface area contributed by atoms with Gasteiger partial charge in [-0.2, -0.15) is 0 Å². The second-order valence-electron chi connectivity index (χ2n) is 6.76. The van der Waals surface area contributed by atoms with E-state index in [1.54, 1.807) is 18.9 Å². The van der Waals surface area contributed by atoms with E-state index in [2.05, 4.69) is 10.6 Å². The van der Waals surface area contributed by atoms with Crippen molar-refractivity contribution in [2.45, 2.75) is 4.90 Å². The van der Waals surface area contributed by atoms with Crippen LogP contribution >= 0.6 is 23.4 Å². The topological polar surface area (TPSA) is 63.2 Å². The molecule has 1 heterocycles. The minimum absolute atomic E-state index is 0.319. The fourth-order valence-electron chi connectivity index (χ4n) is 3.23. The first kappa shape index (κ1) is 21.0. The molecule has 156 valence electrons. The minimum Gasteiger partial charge on any atom is -0.496 e. The number of benzene rings is 3. The number of nitrogens with one attached hydrogen (secondary N) is 2. The van der Waals surface area contributed by atoms with E-state index in [4.69, 9.17) is 21.3 Å². The van der Waals surface area contributed by atoms with Crippen molar-refractivity contribution in [2.75, 3.05) is 24.0 Å². The fourth-order valence-corrected chi connectivity index (χ4v) is 3.88. The number of halogens is 1. The molecule has 5 nitrogen and oxygen atoms in total. The molecule has 4 aromatic rings. The summed E-state index contributed by atoms with van der Waals surface area (Å²) < 4.78 is 5.60. The Morgan fingerprint density at radius 3 is 2.48 bits per heavy atom. The standard InChI is InChI=1S/C24H20ClN3O2S/c1-30-23-14-22(15-5-3-6-16(25)11-15)28-21-10-9-18(13-20(21)23)27-24(29)26-17-7-4-8-19(12-17)31-2/h3-14H,1-2H3,(H2,26,27,29). The van der Waals surface area contributed by atoms with Crippen LogP contribution in [-0.4, -0.2) is 24.4 Å². The number of carbonyl (C=O) groups excluding carboxylic acids is 1. The number of aromatic nitrogens is 1. The zero-order chi connectivity index (χ0) is 21.8. The molecule has 0 spiro atoms. The van der Waals surface area contributed by atoms with Gasteiger partial charge in [-0.1, -0.05) is 29.8 Å². The van der Waals surface area contributed by atoms with Crippen LogP contribution in [0.4, 0.5) is 16.2 Å². The maximum Gasteiger partial charge on any atom is 0.323 e. The van der Waals surface area contributed by atoms with Crippen molar-refractivity contribution in [1.82, 2.24) is 4.98 Å². The van der Waals surface area contributed by atoms with Crippen LogP contribution in [0.1, 0.15) is 0 Å². The normalized spacial score (nSPS) is 10.7. The number of urea groups is 1. The van der Waals surface area contributed by atoms with Gasteiger partial charge in [-0.25, -0.2) is 9.78 Å². The van der Waals surface area contributed by atoms with Crippen LogP contribution in [0.2, 0.25) is 5.02 Å². The Bertz CT molecular complexity index is 1260. The number of anilines is 2. The Kier molecular flexibility index (Phi) is 6.30. The van der Waals surface area contributed by atoms with E-state index in [0.717, 1.165) is 32.7 Å². The van der Waals surface area contributed by atoms with Crippen LogP contribution in [0.15, 0.2) is 77.7 Å². The van der Waals surface area contributed by atoms with Crippen molar-refractivity contribution in [3.05, 3.63) is 77.8 Å². The maximum absolute atomic E-state index is 12.5. The zero-order valence-corrected chi connectivity index (χ0v) is 18.6. The molecule has 0 unspecified atom stereocenters. The first-order chi connectivity index (χ1) is 15.1. The number of nitrogens with zero attached hydrogens (tertiary/aromatic N) is 1. The highest BCUT2D eigenvalue weighted by molar-refractivity contribution is 7.98. The highest BCUT2D eigenvalue weighted by atomic mass is 35.5. The summed E-state index contributed by atoms with van der Waals surface area (Å²) in [6.07, 6.45) is 1.99. The van der Waals surface area contributed by atoms with Crippen molar-refractivity contribution in [3.8, 4) is 17.0 Å². The average molecular weight is 450 g/mol. The van der Waals surface area contributed by atoms with Crippen LogP contribution in [0, 0.1) is 0 Å². The molecule has 1 aromatic heterocycles. The predicted octanol–water partition coefficient (Wildman–Crippen LogP) is 6.93. The van der Waals surface area contributed by atoms with Gasteiger partial charge in [-0.15, -0.1) is 11.8 Å². The first-order valence-electron chi connectivity index (χ1n) is 9.52. The number of thioether (sulfide) groups is 1. The third-order valence-electron chi connectivity index (χ3n) is 4.70. The lowest BCUT2D eigenvalue weighted by Gasteiger charge is -2.12. The minimum atomic E-state index is -0.319. The lowest BCUT2D eigenvalue weighted by atomic mass is 10.1. The van der Waals surface area contributed by atoms with E-state index in [1.807, 2.05) is 79.1 Å². The Morgan fingerprint density at radius 2 is 1.74 bits per heavy atom. The molecule has 0 fully saturated rings. The molecule has 0 bridgehead atoms. The summed E-state index contributed by atoms with van der Waals surface area (Å²) in [4.78, 5) is 18.3. The van der Waals surface area contributed by atoms with Crippen molar-refractivity contribution < 1.29 is 9.53 Å². The Morgan fingerprint density at radius 1 is 0.968 bits per heavy atom. The largest absolute Gasteiger partial charge is 0.496 e. The van der Waals surface area contributed by atoms with E-state index >= 15 is 0 Å². The summed E-state index contributed by atoms with van der Waals surface area (Å²) in [5.74, 6) is 0.664. The monoisotopic (exact) mass is 449 g/mol. The summed E-state index contributed by atoms with van der Waals surface area (Å²) in [6, 6.07) is 22.3. The zero-order valence-electron chi connectivity index (χ0n) is 17.0. The molecular weight excluding hydrogens is 430 g/mol. The van der Waals surface area contributed by atoms with Gasteiger partial charge in [0.05, 0.1) is 18.3 Å². The van der Waals surface area contributed by atoms with Crippen LogP contribution in [0.5, 0.6) is 5.75 Å². The van der Waals surface area contributed by atoms with Crippen LogP contribution in [0.3, 0.4) is 0 Å². The molecule has 2 N–H and O–H groups in total. The summed E-state index contributed by atoms with van der Waals surface area (Å²) in [6.45, 7) is 0. The summed E-state index contributed by atoms with van der Waals surface area (Å²) in [5, 5.41) is 7.17. The molecular formula is C24H20ClN3O2S. The molecule has 3 aromatic carbocycles. The molecule has 31 heavy (non-hydrogen) atoms. The quantitative estimate of drug-likeness (QED) is 0.324. The molecule has 0 saturated carbocycles. The number of pyridine rings is 1. The molecule has 0 aliphatic carbocycles. The van der Waals surface area contributed by atoms with E-state index in [9.17, 15) is 4.79 Å². The molecule has 4 rings (SSSR count). The third kappa shape index (κ3) is 4.93. The highest BCUT2D eigenvalue weighted by Crippen LogP contribution is 2.32. The molecule has 2 amide bonds. The van der Waals surface area contributed by atoms with E-state index in [1.165, 1.54) is 0 Å². The Labute approximate surface area is 189 Å². The Hall–Kier alpha value is -3.22. The number of hydrogen-bond acceptors (Lipinski definition) is 4. The number of rotatable bonds is 5. The summed E-state index contributed by atoms with van der Waals surface area (Å²) in [7, 11) is 1.61. The Balaban J connectivity index is 1.60. The molecule has 0 atom stereocenters. The van der Waals surface area contributed by atoms with Crippen LogP contribution in [-0.2, 0) is 0 Å². The molecule has 0 radical (unpaired) electrons. The van der Waals surface area contributed by atoms with Gasteiger partial charge >= 0.3 is 6.03 Å². The second kappa shape index (κ2) is 9.29. The second-order valence-corrected chi connectivity index (χ2v) is 8.08. The lowest BCUT2D eigenvalue weighted by molar-refractivity contribution is 0.262. The first-order valence-corrected chi connectivity index (χ1v) is 11.1. The van der Waals surface area contributed by atoms with Gasteiger partial charge in [-0.05, 0) is 54.8 Å². The van der Waals surface area contributed by atoms with E-state index in [-0.39, 0.29) is 6.03 Å². The molecule has 0 aliphatic rings. The number of hydrogen-bond donors (Lipinski definition) is 2. The number of amides is 2. The SMILES string of the molecule is COc1cc(-c2cccc(Cl)c2)nc2ccc(NC(=O)Nc3cccc(SC)c3)cc12. The number of carbonyl (C=O) groups is 1. The smallest absolute Gasteiger partial charge is 0.323 e. The third-order valence-corrected chi connectivity index (χ3v) is 5.66. The average Bonchev–Trinajstić information content (AvgIpc) is 2.78. The van der Waals surface area contributed by atoms with Gasteiger partial charge in [0.2, 0.25) is 0 Å². The van der Waals surface area contributed by atoms with Gasteiger partial charge < -0.3 is 15.4 Å². The lowest BCUT2D eigenvalue weighted by Crippen LogP contribution is -2.19. The van der Waals surface area contributed by atoms with Crippen molar-refractivity contribution in [2.24, 2.45) is 0 Å². The van der Waals surface area contributed by atoms with E-state index in [0.29, 0.717) is 16.5 Å². The number of ether oxygens (including phenoxy) is 1. The van der Waals surface area contributed by atoms with Gasteiger partial charge in [0.1, 0.15) is 5.75 Å². The molecule has 7 heteroatoms. The van der Waals surface area contributed by atoms with E-state index < -0.39 is 0 Å². The molecule has 0 saturated heterocycles. The van der Waals surface area contributed by atoms with Crippen molar-refractivity contribution >= 4 is 51.7 Å². The van der Waals surface area contributed by atoms with Crippen molar-refractivity contribution in [1.29, 1.82) is 0 Å². The van der Waals surface area contributed by atoms with Crippen LogP contribution in [0.25, 0.3) is 22.2 Å². The number of fused-ring (bicyclic) bond motifs is 1. The van der Waals surface area contributed by atoms with Crippen LogP contribution < -0.4 is 15.4 Å². The van der Waals surface area contributed by atoms with Gasteiger partial charge in [0, 0.05) is 38.3 Å². The number of methoxy groups -OCH3 is 1. The fraction of sp³-hybridized carbons (Fsp3) is 0.0833. The highest BCUT2D eigenvalue weighted by Gasteiger charge is 2.11. The van der Waals surface area contributed by atoms with Gasteiger partial charge in [0.25, 0.3) is 0 Å². The predicted molar refractivity (Wildman–Crippen MR) is 130 cm³/mol. The molecule has 0 aliphatic heterocycles. The summed E-state index contributed by atoms with van der Waals surface area (Å²) in [5.41, 5.74) is 3.80.